The van der Waals surface area contributed by atoms with Crippen LogP contribution in [0.4, 0.5) is 0 Å². The fraction of sp³-hybridized carbons (Fsp3) is 0.364. The van der Waals surface area contributed by atoms with Crippen LogP contribution in [0.15, 0.2) is 35.2 Å². The van der Waals surface area contributed by atoms with Gasteiger partial charge < -0.3 is 9.84 Å². The summed E-state index contributed by atoms with van der Waals surface area (Å²) in [5.74, 6) is -0.373. The van der Waals surface area contributed by atoms with E-state index in [-0.39, 0.29) is 5.78 Å². The average Bonchev–Trinajstić information content (AvgIpc) is 2.62. The highest BCUT2D eigenvalue weighted by molar-refractivity contribution is 7.98. The van der Waals surface area contributed by atoms with Gasteiger partial charge in [0.05, 0.1) is 0 Å². The number of hydrogen-bond acceptors (Lipinski definition) is 4. The number of aryl methyl sites for hydroxylation is 3. The predicted octanol–water partition coefficient (Wildman–Crippen LogP) is 5.74. The molecule has 0 radical (unpaired) electrons. The number of carboxylic acid groups (broad SMARTS) is 1. The van der Waals surface area contributed by atoms with Crippen LogP contribution < -0.4 is 4.74 Å². The first-order chi connectivity index (χ1) is 13.0. The maximum atomic E-state index is 12.7. The van der Waals surface area contributed by atoms with Gasteiger partial charge in [-0.15, -0.1) is 11.8 Å². The van der Waals surface area contributed by atoms with Gasteiger partial charge in [0.25, 0.3) is 0 Å². The molecule has 2 aromatic carbocycles. The number of benzene rings is 2. The third-order valence-electron chi connectivity index (χ3n) is 4.50. The molecule has 4 nitrogen and oxygen atoms in total. The zero-order valence-corrected chi connectivity index (χ0v) is 18.3. The van der Waals surface area contributed by atoms with Crippen molar-refractivity contribution >= 4 is 35.1 Å². The molecule has 0 unspecified atom stereocenters. The standard InChI is InChI=1S/C22H25ClO4S/c1-13-10-15(11-14(2)20(13)27-22(3,4)21(25)26)6-9-18(24)17-8-7-16(23)12-19(17)28-5/h7-8,10-12H,6,9H2,1-5H3,(H,25,26). The van der Waals surface area contributed by atoms with Crippen LogP contribution in [0.25, 0.3) is 0 Å². The summed E-state index contributed by atoms with van der Waals surface area (Å²) in [4.78, 5) is 24.9. The molecule has 0 spiro atoms. The Morgan fingerprint density at radius 3 is 2.29 bits per heavy atom. The minimum Gasteiger partial charge on any atom is -0.478 e. The monoisotopic (exact) mass is 420 g/mol. The van der Waals surface area contributed by atoms with E-state index in [0.29, 0.717) is 29.2 Å². The van der Waals surface area contributed by atoms with Crippen LogP contribution >= 0.6 is 23.4 Å². The number of carboxylic acids is 1. The molecular weight excluding hydrogens is 396 g/mol. The van der Waals surface area contributed by atoms with Crippen molar-refractivity contribution in [3.63, 3.8) is 0 Å². The molecule has 0 atom stereocenters. The Hall–Kier alpha value is -1.98. The van der Waals surface area contributed by atoms with E-state index in [9.17, 15) is 14.7 Å². The summed E-state index contributed by atoms with van der Waals surface area (Å²) < 4.78 is 5.73. The minimum absolute atomic E-state index is 0.0728. The molecule has 0 aliphatic heterocycles. The van der Waals surface area contributed by atoms with Gasteiger partial charge in [0.15, 0.2) is 11.4 Å². The summed E-state index contributed by atoms with van der Waals surface area (Å²) in [6.07, 6.45) is 2.90. The van der Waals surface area contributed by atoms with Gasteiger partial charge in [-0.05, 0) is 75.3 Å². The first-order valence-electron chi connectivity index (χ1n) is 8.94. The van der Waals surface area contributed by atoms with E-state index in [4.69, 9.17) is 16.3 Å². The van der Waals surface area contributed by atoms with Crippen molar-refractivity contribution in [1.82, 2.24) is 0 Å². The van der Waals surface area contributed by atoms with Gasteiger partial charge in [0, 0.05) is 21.9 Å². The molecule has 0 saturated carbocycles. The first-order valence-corrected chi connectivity index (χ1v) is 10.5. The second-order valence-corrected chi connectivity index (χ2v) is 8.53. The highest BCUT2D eigenvalue weighted by Gasteiger charge is 2.30. The summed E-state index contributed by atoms with van der Waals surface area (Å²) >= 11 is 7.52. The van der Waals surface area contributed by atoms with E-state index >= 15 is 0 Å². The van der Waals surface area contributed by atoms with Crippen molar-refractivity contribution < 1.29 is 19.4 Å². The number of ether oxygens (including phenoxy) is 1. The van der Waals surface area contributed by atoms with Crippen LogP contribution in [0.5, 0.6) is 5.75 Å². The summed E-state index contributed by atoms with van der Waals surface area (Å²) in [5.41, 5.74) is 2.11. The molecule has 0 amide bonds. The molecule has 28 heavy (non-hydrogen) atoms. The Kier molecular flexibility index (Phi) is 7.18. The van der Waals surface area contributed by atoms with Crippen LogP contribution in [-0.2, 0) is 11.2 Å². The molecule has 0 saturated heterocycles. The molecular formula is C22H25ClO4S. The fourth-order valence-electron chi connectivity index (χ4n) is 2.93. The summed E-state index contributed by atoms with van der Waals surface area (Å²) in [6, 6.07) is 9.22. The van der Waals surface area contributed by atoms with Crippen molar-refractivity contribution in [1.29, 1.82) is 0 Å². The van der Waals surface area contributed by atoms with Crippen molar-refractivity contribution in [2.45, 2.75) is 51.0 Å². The quantitative estimate of drug-likeness (QED) is 0.436. The van der Waals surface area contributed by atoms with Crippen LogP contribution in [0, 0.1) is 13.8 Å². The van der Waals surface area contributed by atoms with Crippen LogP contribution in [0.3, 0.4) is 0 Å². The van der Waals surface area contributed by atoms with Gasteiger partial charge in [-0.3, -0.25) is 4.79 Å². The Labute approximate surface area is 175 Å². The molecule has 2 rings (SSSR count). The first kappa shape index (κ1) is 22.3. The van der Waals surface area contributed by atoms with Crippen molar-refractivity contribution in [3.8, 4) is 5.75 Å². The summed E-state index contributed by atoms with van der Waals surface area (Å²) in [6.45, 7) is 6.82. The second kappa shape index (κ2) is 9.01. The molecule has 0 aliphatic rings. The number of aliphatic carboxylic acids is 1. The smallest absolute Gasteiger partial charge is 0.347 e. The van der Waals surface area contributed by atoms with E-state index < -0.39 is 11.6 Å². The normalized spacial score (nSPS) is 11.4. The molecule has 0 bridgehead atoms. The number of Topliss-reactive ketones (excluding diaryl/α,β-unsaturated/α-hetero) is 1. The molecule has 0 fully saturated rings. The fourth-order valence-corrected chi connectivity index (χ4v) is 3.82. The number of hydrogen-bond donors (Lipinski definition) is 1. The lowest BCUT2D eigenvalue weighted by Gasteiger charge is -2.24. The van der Waals surface area contributed by atoms with Crippen LogP contribution in [0.2, 0.25) is 5.02 Å². The maximum absolute atomic E-state index is 12.7. The lowest BCUT2D eigenvalue weighted by Crippen LogP contribution is -2.38. The van der Waals surface area contributed by atoms with Crippen molar-refractivity contribution in [2.24, 2.45) is 0 Å². The summed E-state index contributed by atoms with van der Waals surface area (Å²) in [7, 11) is 0. The van der Waals surface area contributed by atoms with Gasteiger partial charge in [-0.25, -0.2) is 4.79 Å². The highest BCUT2D eigenvalue weighted by atomic mass is 35.5. The van der Waals surface area contributed by atoms with Gasteiger partial charge in [0.1, 0.15) is 5.75 Å². The third kappa shape index (κ3) is 5.30. The number of ketones is 1. The van der Waals surface area contributed by atoms with Crippen molar-refractivity contribution in [2.75, 3.05) is 6.26 Å². The maximum Gasteiger partial charge on any atom is 0.347 e. The number of carbonyl (C=O) groups is 2. The lowest BCUT2D eigenvalue weighted by molar-refractivity contribution is -0.152. The predicted molar refractivity (Wildman–Crippen MR) is 114 cm³/mol. The average molecular weight is 421 g/mol. The Bertz CT molecular complexity index is 882. The molecule has 150 valence electrons. The van der Waals surface area contributed by atoms with E-state index in [0.717, 1.165) is 21.6 Å². The largest absolute Gasteiger partial charge is 0.478 e. The van der Waals surface area contributed by atoms with Gasteiger partial charge in [0.2, 0.25) is 0 Å². The second-order valence-electron chi connectivity index (χ2n) is 7.24. The zero-order valence-electron chi connectivity index (χ0n) is 16.8. The van der Waals surface area contributed by atoms with E-state index in [1.165, 1.54) is 25.6 Å². The van der Waals surface area contributed by atoms with Gasteiger partial charge in [-0.2, -0.15) is 0 Å². The Morgan fingerprint density at radius 1 is 1.14 bits per heavy atom. The highest BCUT2D eigenvalue weighted by Crippen LogP contribution is 2.30. The zero-order chi connectivity index (χ0) is 21.1. The minimum atomic E-state index is -1.31. The molecule has 1 N–H and O–H groups in total. The number of rotatable bonds is 8. The molecule has 6 heteroatoms. The number of halogens is 1. The SMILES string of the molecule is CSc1cc(Cl)ccc1C(=O)CCc1cc(C)c(OC(C)(C)C(=O)O)c(C)c1. The lowest BCUT2D eigenvalue weighted by atomic mass is 9.98. The Morgan fingerprint density at radius 2 is 1.75 bits per heavy atom. The molecule has 0 aromatic heterocycles. The van der Waals surface area contributed by atoms with Crippen LogP contribution in [0.1, 0.15) is 47.3 Å². The molecule has 2 aromatic rings. The number of thioether (sulfide) groups is 1. The topological polar surface area (TPSA) is 63.6 Å². The number of carbonyl (C=O) groups excluding carboxylic acids is 1. The van der Waals surface area contributed by atoms with Gasteiger partial charge in [-0.1, -0.05) is 23.7 Å². The Balaban J connectivity index is 2.16. The molecule has 0 heterocycles. The summed E-state index contributed by atoms with van der Waals surface area (Å²) in [5, 5.41) is 9.90. The molecule has 0 aliphatic carbocycles. The van der Waals surface area contributed by atoms with E-state index in [1.54, 1.807) is 12.1 Å². The third-order valence-corrected chi connectivity index (χ3v) is 5.51. The van der Waals surface area contributed by atoms with Crippen LogP contribution in [-0.4, -0.2) is 28.7 Å². The van der Waals surface area contributed by atoms with Gasteiger partial charge >= 0.3 is 5.97 Å². The van der Waals surface area contributed by atoms with E-state index in [2.05, 4.69) is 0 Å². The van der Waals surface area contributed by atoms with E-state index in [1.807, 2.05) is 38.3 Å². The van der Waals surface area contributed by atoms with Crippen molar-refractivity contribution in [3.05, 3.63) is 57.6 Å².